The molecule has 0 heterocycles. The van der Waals surface area contributed by atoms with E-state index in [-0.39, 0.29) is 6.61 Å². The predicted octanol–water partition coefficient (Wildman–Crippen LogP) is 1.59. The van der Waals surface area contributed by atoms with Gasteiger partial charge in [0.25, 0.3) is 0 Å². The van der Waals surface area contributed by atoms with Gasteiger partial charge in [-0.1, -0.05) is 19.6 Å². The standard InChI is InChI=1S/C9H18O4Si/c1-5-13-9(12)7(8(10)11)6-14(2,3)4/h7H,5-6H2,1-4H3,(H,10,11). The van der Waals surface area contributed by atoms with Gasteiger partial charge in [-0.2, -0.15) is 0 Å². The lowest BCUT2D eigenvalue weighted by atomic mass is 10.2. The van der Waals surface area contributed by atoms with Crippen LogP contribution in [-0.2, 0) is 14.3 Å². The maximum Gasteiger partial charge on any atom is 0.320 e. The van der Waals surface area contributed by atoms with E-state index in [0.29, 0.717) is 6.04 Å². The van der Waals surface area contributed by atoms with E-state index in [2.05, 4.69) is 0 Å². The molecule has 0 aliphatic rings. The molecule has 0 aliphatic heterocycles. The van der Waals surface area contributed by atoms with Crippen molar-refractivity contribution >= 4 is 20.0 Å². The Hall–Kier alpha value is -0.843. The number of carboxylic acid groups (broad SMARTS) is 1. The summed E-state index contributed by atoms with van der Waals surface area (Å²) in [6.07, 6.45) is 0. The van der Waals surface area contributed by atoms with E-state index in [0.717, 1.165) is 0 Å². The van der Waals surface area contributed by atoms with E-state index >= 15 is 0 Å². The lowest BCUT2D eigenvalue weighted by Gasteiger charge is -2.19. The Bertz CT molecular complexity index is 219. The topological polar surface area (TPSA) is 63.6 Å². The van der Waals surface area contributed by atoms with Gasteiger partial charge in [0, 0.05) is 8.07 Å². The van der Waals surface area contributed by atoms with Crippen molar-refractivity contribution in [3.63, 3.8) is 0 Å². The molecule has 0 amide bonds. The second kappa shape index (κ2) is 5.14. The molecule has 0 fully saturated rings. The Morgan fingerprint density at radius 3 is 2.14 bits per heavy atom. The van der Waals surface area contributed by atoms with Gasteiger partial charge in [0.1, 0.15) is 0 Å². The van der Waals surface area contributed by atoms with Gasteiger partial charge in [0.05, 0.1) is 6.61 Å². The van der Waals surface area contributed by atoms with Crippen molar-refractivity contribution in [2.45, 2.75) is 32.6 Å². The summed E-state index contributed by atoms with van der Waals surface area (Å²) in [6, 6.07) is 0.432. The smallest absolute Gasteiger partial charge is 0.320 e. The molecule has 82 valence electrons. The maximum absolute atomic E-state index is 11.3. The normalized spacial score (nSPS) is 13.4. The fourth-order valence-corrected chi connectivity index (χ4v) is 2.69. The first-order valence-electron chi connectivity index (χ1n) is 4.67. The summed E-state index contributed by atoms with van der Waals surface area (Å²) in [7, 11) is -1.56. The van der Waals surface area contributed by atoms with Crippen molar-refractivity contribution in [1.82, 2.24) is 0 Å². The van der Waals surface area contributed by atoms with E-state index in [1.54, 1.807) is 6.92 Å². The number of aliphatic carboxylic acids is 1. The minimum absolute atomic E-state index is 0.230. The van der Waals surface area contributed by atoms with Crippen molar-refractivity contribution in [3.8, 4) is 0 Å². The first-order chi connectivity index (χ1) is 6.28. The van der Waals surface area contributed by atoms with Gasteiger partial charge in [-0.25, -0.2) is 0 Å². The monoisotopic (exact) mass is 218 g/mol. The molecule has 0 rings (SSSR count). The summed E-state index contributed by atoms with van der Waals surface area (Å²) in [5, 5.41) is 8.86. The second-order valence-electron chi connectivity index (χ2n) is 4.41. The predicted molar refractivity (Wildman–Crippen MR) is 55.9 cm³/mol. The molecule has 0 saturated carbocycles. The first-order valence-corrected chi connectivity index (χ1v) is 8.38. The van der Waals surface area contributed by atoms with E-state index in [1.165, 1.54) is 0 Å². The molecular weight excluding hydrogens is 200 g/mol. The largest absolute Gasteiger partial charge is 0.481 e. The number of carbonyl (C=O) groups excluding carboxylic acids is 1. The molecule has 0 aliphatic carbocycles. The molecule has 0 aromatic rings. The van der Waals surface area contributed by atoms with Gasteiger partial charge >= 0.3 is 11.9 Å². The zero-order chi connectivity index (χ0) is 11.4. The van der Waals surface area contributed by atoms with E-state index in [4.69, 9.17) is 9.84 Å². The lowest BCUT2D eigenvalue weighted by Crippen LogP contribution is -2.34. The zero-order valence-electron chi connectivity index (χ0n) is 9.16. The highest BCUT2D eigenvalue weighted by atomic mass is 28.3. The lowest BCUT2D eigenvalue weighted by molar-refractivity contribution is -0.157. The van der Waals surface area contributed by atoms with Gasteiger partial charge < -0.3 is 9.84 Å². The molecule has 1 N–H and O–H groups in total. The van der Waals surface area contributed by atoms with Crippen LogP contribution >= 0.6 is 0 Å². The van der Waals surface area contributed by atoms with Crippen LogP contribution in [0.15, 0.2) is 0 Å². The molecule has 0 aromatic heterocycles. The number of esters is 1. The van der Waals surface area contributed by atoms with Crippen LogP contribution in [-0.4, -0.2) is 31.7 Å². The summed E-state index contributed by atoms with van der Waals surface area (Å²) in [4.78, 5) is 22.1. The maximum atomic E-state index is 11.3. The summed E-state index contributed by atoms with van der Waals surface area (Å²) in [5.74, 6) is -2.67. The summed E-state index contributed by atoms with van der Waals surface area (Å²) in [5.41, 5.74) is 0. The van der Waals surface area contributed by atoms with Crippen LogP contribution in [0.3, 0.4) is 0 Å². The van der Waals surface area contributed by atoms with E-state index in [9.17, 15) is 9.59 Å². The van der Waals surface area contributed by atoms with Crippen LogP contribution < -0.4 is 0 Å². The van der Waals surface area contributed by atoms with E-state index in [1.807, 2.05) is 19.6 Å². The van der Waals surface area contributed by atoms with Crippen molar-refractivity contribution < 1.29 is 19.4 Å². The van der Waals surface area contributed by atoms with Crippen LogP contribution in [0.1, 0.15) is 6.92 Å². The highest BCUT2D eigenvalue weighted by Gasteiger charge is 2.32. The molecule has 1 unspecified atom stereocenters. The van der Waals surface area contributed by atoms with Gasteiger partial charge in [0.2, 0.25) is 0 Å². The molecule has 0 saturated heterocycles. The Balaban J connectivity index is 4.45. The van der Waals surface area contributed by atoms with Crippen LogP contribution in [0.4, 0.5) is 0 Å². The third kappa shape index (κ3) is 5.01. The summed E-state index contributed by atoms with van der Waals surface area (Å²) in [6.45, 7) is 7.99. The quantitative estimate of drug-likeness (QED) is 0.432. The molecule has 0 aromatic carbocycles. The average molecular weight is 218 g/mol. The Labute approximate surface area is 85.3 Å². The number of rotatable bonds is 5. The number of carbonyl (C=O) groups is 2. The fraction of sp³-hybridized carbons (Fsp3) is 0.778. The van der Waals surface area contributed by atoms with Gasteiger partial charge in [-0.05, 0) is 13.0 Å². The number of hydrogen-bond donors (Lipinski definition) is 1. The Kier molecular flexibility index (Phi) is 4.83. The van der Waals surface area contributed by atoms with Crippen molar-refractivity contribution in [2.75, 3.05) is 6.61 Å². The fourth-order valence-electron chi connectivity index (χ4n) is 1.13. The number of carboxylic acids is 1. The highest BCUT2D eigenvalue weighted by Crippen LogP contribution is 2.18. The average Bonchev–Trinajstić information content (AvgIpc) is 1.98. The van der Waals surface area contributed by atoms with Crippen LogP contribution in [0.25, 0.3) is 0 Å². The van der Waals surface area contributed by atoms with Crippen LogP contribution in [0.2, 0.25) is 25.7 Å². The second-order valence-corrected chi connectivity index (χ2v) is 9.94. The third-order valence-corrected chi connectivity index (χ3v) is 3.32. The Morgan fingerprint density at radius 2 is 1.86 bits per heavy atom. The van der Waals surface area contributed by atoms with Gasteiger partial charge in [-0.15, -0.1) is 0 Å². The van der Waals surface area contributed by atoms with Gasteiger partial charge in [0.15, 0.2) is 5.92 Å². The summed E-state index contributed by atoms with van der Waals surface area (Å²) >= 11 is 0. The van der Waals surface area contributed by atoms with E-state index < -0.39 is 25.9 Å². The van der Waals surface area contributed by atoms with Crippen molar-refractivity contribution in [1.29, 1.82) is 0 Å². The molecule has 5 heteroatoms. The first kappa shape index (κ1) is 13.2. The molecule has 0 spiro atoms. The summed E-state index contributed by atoms with van der Waals surface area (Å²) < 4.78 is 4.71. The molecule has 1 atom stereocenters. The molecule has 4 nitrogen and oxygen atoms in total. The highest BCUT2D eigenvalue weighted by molar-refractivity contribution is 6.76. The minimum Gasteiger partial charge on any atom is -0.481 e. The van der Waals surface area contributed by atoms with Crippen molar-refractivity contribution in [3.05, 3.63) is 0 Å². The van der Waals surface area contributed by atoms with Crippen LogP contribution in [0, 0.1) is 5.92 Å². The van der Waals surface area contributed by atoms with Crippen molar-refractivity contribution in [2.24, 2.45) is 5.92 Å². The van der Waals surface area contributed by atoms with Crippen LogP contribution in [0.5, 0.6) is 0 Å². The molecule has 14 heavy (non-hydrogen) atoms. The van der Waals surface area contributed by atoms with Gasteiger partial charge in [-0.3, -0.25) is 9.59 Å². The molecular formula is C9H18O4Si. The SMILES string of the molecule is CCOC(=O)C(C[Si](C)(C)C)C(=O)O. The third-order valence-electron chi connectivity index (χ3n) is 1.69. The minimum atomic E-state index is -1.56. The number of ether oxygens (including phenoxy) is 1. The zero-order valence-corrected chi connectivity index (χ0v) is 10.2. The molecule has 0 bridgehead atoms. The number of hydrogen-bond acceptors (Lipinski definition) is 3. The molecule has 0 radical (unpaired) electrons. The Morgan fingerprint density at radius 1 is 1.36 bits per heavy atom.